The number of allylic oxidation sites excluding steroid dienone is 1. The second kappa shape index (κ2) is 11.3. The van der Waals surface area contributed by atoms with E-state index in [1.165, 1.54) is 11.3 Å². The molecule has 1 aliphatic rings. The molecule has 37 heavy (non-hydrogen) atoms. The van der Waals surface area contributed by atoms with E-state index < -0.39 is 11.7 Å². The normalized spacial score (nSPS) is 18.9. The third-order valence-electron chi connectivity index (χ3n) is 5.50. The summed E-state index contributed by atoms with van der Waals surface area (Å²) in [5, 5.41) is 13.6. The van der Waals surface area contributed by atoms with Gasteiger partial charge in [-0.1, -0.05) is 35.5 Å². The van der Waals surface area contributed by atoms with Gasteiger partial charge < -0.3 is 15.0 Å². The first-order valence-corrected chi connectivity index (χ1v) is 13.4. The van der Waals surface area contributed by atoms with Gasteiger partial charge in [-0.15, -0.1) is 11.3 Å². The lowest BCUT2D eigenvalue weighted by Gasteiger charge is -2.35. The van der Waals surface area contributed by atoms with Gasteiger partial charge in [0.1, 0.15) is 16.6 Å². The number of morpholine rings is 1. The summed E-state index contributed by atoms with van der Waals surface area (Å²) in [5.74, 6) is -0.225. The zero-order valence-electron chi connectivity index (χ0n) is 19.8. The summed E-state index contributed by atoms with van der Waals surface area (Å²) in [4.78, 5) is 19.2. The van der Waals surface area contributed by atoms with Crippen LogP contribution < -0.4 is 5.32 Å². The van der Waals surface area contributed by atoms with E-state index in [4.69, 9.17) is 16.3 Å². The Labute approximate surface area is 225 Å². The SMILES string of the molecule is CC1CN(C(=O)CS/C(Nc2cc(C(F)(F)F)ccc2Cl)=C(\C#N)c2nc3ccccc3s2)CC(C)O1. The average molecular weight is 567 g/mol. The van der Waals surface area contributed by atoms with Gasteiger partial charge >= 0.3 is 6.18 Å². The Morgan fingerprint density at radius 3 is 2.62 bits per heavy atom. The van der Waals surface area contributed by atoms with Crippen molar-refractivity contribution < 1.29 is 22.7 Å². The largest absolute Gasteiger partial charge is 0.416 e. The third kappa shape index (κ3) is 6.57. The van der Waals surface area contributed by atoms with E-state index in [0.29, 0.717) is 23.6 Å². The van der Waals surface area contributed by atoms with Crippen LogP contribution in [0, 0.1) is 11.3 Å². The van der Waals surface area contributed by atoms with Gasteiger partial charge in [-0.3, -0.25) is 4.79 Å². The van der Waals surface area contributed by atoms with Crippen LogP contribution in [0.5, 0.6) is 0 Å². The molecular weight excluding hydrogens is 545 g/mol. The number of alkyl halides is 3. The number of carbonyl (C=O) groups excluding carboxylic acids is 1. The molecule has 194 valence electrons. The number of hydrogen-bond donors (Lipinski definition) is 1. The summed E-state index contributed by atoms with van der Waals surface area (Å²) < 4.78 is 46.6. The first-order valence-electron chi connectivity index (χ1n) is 11.2. The van der Waals surface area contributed by atoms with Crippen LogP contribution in [-0.2, 0) is 15.7 Å². The number of carbonyl (C=O) groups is 1. The fourth-order valence-electron chi connectivity index (χ4n) is 3.87. The van der Waals surface area contributed by atoms with Gasteiger partial charge in [-0.05, 0) is 44.2 Å². The molecule has 6 nitrogen and oxygen atoms in total. The minimum atomic E-state index is -4.58. The Hall–Kier alpha value is -2.78. The van der Waals surface area contributed by atoms with Gasteiger partial charge in [-0.2, -0.15) is 18.4 Å². The Morgan fingerprint density at radius 1 is 1.27 bits per heavy atom. The molecule has 0 aliphatic carbocycles. The molecule has 1 fully saturated rings. The van der Waals surface area contributed by atoms with E-state index >= 15 is 0 Å². The van der Waals surface area contributed by atoms with E-state index in [1.807, 2.05) is 32.0 Å². The molecule has 2 atom stereocenters. The van der Waals surface area contributed by atoms with Crippen molar-refractivity contribution in [2.24, 2.45) is 0 Å². The summed E-state index contributed by atoms with van der Waals surface area (Å²) >= 11 is 8.51. The topological polar surface area (TPSA) is 78.3 Å². The number of nitriles is 1. The minimum Gasteiger partial charge on any atom is -0.372 e. The monoisotopic (exact) mass is 566 g/mol. The highest BCUT2D eigenvalue weighted by Gasteiger charge is 2.31. The highest BCUT2D eigenvalue weighted by Crippen LogP contribution is 2.38. The number of fused-ring (bicyclic) bond motifs is 1. The fraction of sp³-hybridized carbons (Fsp3) is 0.320. The number of ether oxygens (including phenoxy) is 1. The van der Waals surface area contributed by atoms with Crippen LogP contribution in [-0.4, -0.2) is 46.8 Å². The van der Waals surface area contributed by atoms with Gasteiger partial charge in [0.05, 0.1) is 49.5 Å². The summed E-state index contributed by atoms with van der Waals surface area (Å²) in [6, 6.07) is 12.3. The van der Waals surface area contributed by atoms with Gasteiger partial charge in [0.25, 0.3) is 0 Å². The van der Waals surface area contributed by atoms with Crippen LogP contribution in [0.1, 0.15) is 24.4 Å². The predicted molar refractivity (Wildman–Crippen MR) is 141 cm³/mol. The molecule has 0 spiro atoms. The molecule has 1 aliphatic heterocycles. The van der Waals surface area contributed by atoms with Crippen molar-refractivity contribution in [2.75, 3.05) is 24.2 Å². The Morgan fingerprint density at radius 2 is 1.97 bits per heavy atom. The summed E-state index contributed by atoms with van der Waals surface area (Å²) in [6.07, 6.45) is -4.82. The number of nitrogens with zero attached hydrogens (tertiary/aromatic N) is 3. The number of amides is 1. The number of anilines is 1. The quantitative estimate of drug-likeness (QED) is 0.337. The van der Waals surface area contributed by atoms with Crippen LogP contribution in [0.2, 0.25) is 5.02 Å². The van der Waals surface area contributed by atoms with Crippen molar-refractivity contribution in [1.82, 2.24) is 9.88 Å². The molecule has 12 heteroatoms. The van der Waals surface area contributed by atoms with Crippen molar-refractivity contribution in [3.63, 3.8) is 0 Å². The molecule has 1 N–H and O–H groups in total. The molecule has 0 saturated carbocycles. The number of nitrogens with one attached hydrogen (secondary N) is 1. The van der Waals surface area contributed by atoms with E-state index in [-0.39, 0.29) is 45.2 Å². The summed E-state index contributed by atoms with van der Waals surface area (Å²) in [5.41, 5.74) is -0.135. The summed E-state index contributed by atoms with van der Waals surface area (Å²) in [7, 11) is 0. The Kier molecular flexibility index (Phi) is 8.33. The lowest BCUT2D eigenvalue weighted by atomic mass is 10.2. The molecule has 2 unspecified atom stereocenters. The maximum absolute atomic E-state index is 13.4. The number of thioether (sulfide) groups is 1. The molecule has 1 aromatic heterocycles. The Bertz CT molecular complexity index is 1340. The van der Waals surface area contributed by atoms with E-state index in [1.54, 1.807) is 11.0 Å². The van der Waals surface area contributed by atoms with Crippen molar-refractivity contribution >= 4 is 62.1 Å². The number of benzene rings is 2. The highest BCUT2D eigenvalue weighted by molar-refractivity contribution is 8.04. The second-order valence-electron chi connectivity index (χ2n) is 8.46. The fourth-order valence-corrected chi connectivity index (χ4v) is 5.99. The van der Waals surface area contributed by atoms with Crippen LogP contribution >= 0.6 is 34.7 Å². The van der Waals surface area contributed by atoms with Crippen molar-refractivity contribution in [2.45, 2.75) is 32.2 Å². The van der Waals surface area contributed by atoms with Gasteiger partial charge in [0.15, 0.2) is 0 Å². The highest BCUT2D eigenvalue weighted by atomic mass is 35.5. The maximum Gasteiger partial charge on any atom is 0.416 e. The summed E-state index contributed by atoms with van der Waals surface area (Å²) in [6.45, 7) is 4.62. The maximum atomic E-state index is 13.4. The van der Waals surface area contributed by atoms with Crippen LogP contribution in [0.15, 0.2) is 47.5 Å². The first kappa shape index (κ1) is 27.3. The first-order chi connectivity index (χ1) is 17.5. The molecule has 2 heterocycles. The number of rotatable bonds is 6. The van der Waals surface area contributed by atoms with Crippen LogP contribution in [0.25, 0.3) is 15.8 Å². The number of halogens is 4. The lowest BCUT2D eigenvalue weighted by Crippen LogP contribution is -2.48. The number of hydrogen-bond acceptors (Lipinski definition) is 7. The van der Waals surface area contributed by atoms with Gasteiger partial charge in [0.2, 0.25) is 5.91 Å². The zero-order valence-corrected chi connectivity index (χ0v) is 22.2. The van der Waals surface area contributed by atoms with Crippen molar-refractivity contribution in [3.05, 3.63) is 63.1 Å². The molecule has 3 aromatic rings. The number of thiazole rings is 1. The lowest BCUT2D eigenvalue weighted by molar-refractivity contribution is -0.140. The Balaban J connectivity index is 1.70. The molecule has 0 bridgehead atoms. The van der Waals surface area contributed by atoms with Crippen molar-refractivity contribution in [3.8, 4) is 6.07 Å². The van der Waals surface area contributed by atoms with E-state index in [9.17, 15) is 23.2 Å². The molecule has 2 aromatic carbocycles. The van der Waals surface area contributed by atoms with E-state index in [0.717, 1.165) is 34.7 Å². The minimum absolute atomic E-state index is 0.0334. The molecule has 1 saturated heterocycles. The smallest absolute Gasteiger partial charge is 0.372 e. The number of aromatic nitrogens is 1. The van der Waals surface area contributed by atoms with Crippen molar-refractivity contribution in [1.29, 1.82) is 5.26 Å². The molecular formula is C25H22ClF3N4O2S2. The van der Waals surface area contributed by atoms with Crippen LogP contribution in [0.3, 0.4) is 0 Å². The zero-order chi connectivity index (χ0) is 26.7. The third-order valence-corrected chi connectivity index (χ3v) is 7.87. The molecule has 0 radical (unpaired) electrons. The van der Waals surface area contributed by atoms with Gasteiger partial charge in [0, 0.05) is 13.1 Å². The average Bonchev–Trinajstić information content (AvgIpc) is 3.26. The van der Waals surface area contributed by atoms with E-state index in [2.05, 4.69) is 16.4 Å². The molecule has 1 amide bonds. The van der Waals surface area contributed by atoms with Crippen LogP contribution in [0.4, 0.5) is 18.9 Å². The standard InChI is InChI=1S/C25H22ClF3N4O2S2/c1-14-11-33(12-15(2)35-14)22(34)13-36-23(32-20-9-16(25(27,28)29)7-8-18(20)26)17(10-30)24-31-19-5-3-4-6-21(19)37-24/h3-9,14-15,32H,11-13H2,1-2H3/b23-17+. The number of para-hydroxylation sites is 1. The molecule has 4 rings (SSSR count). The second-order valence-corrected chi connectivity index (χ2v) is 10.9. The van der Waals surface area contributed by atoms with Gasteiger partial charge in [-0.25, -0.2) is 4.98 Å². The predicted octanol–water partition coefficient (Wildman–Crippen LogP) is 6.64.